The van der Waals surface area contributed by atoms with E-state index in [0.717, 1.165) is 18.6 Å². The van der Waals surface area contributed by atoms with Gasteiger partial charge in [0.05, 0.1) is 28.6 Å². The molecule has 1 saturated carbocycles. The molecular formula is C36H46F3N3O6. The van der Waals surface area contributed by atoms with Crippen LogP contribution >= 0.6 is 0 Å². The van der Waals surface area contributed by atoms with Crippen molar-refractivity contribution in [2.24, 2.45) is 11.3 Å². The molecule has 0 radical (unpaired) electrons. The lowest BCUT2D eigenvalue weighted by Crippen LogP contribution is -2.55. The summed E-state index contributed by atoms with van der Waals surface area (Å²) in [5.41, 5.74) is -3.04. The number of hydrogen-bond acceptors (Lipinski definition) is 6. The van der Waals surface area contributed by atoms with Crippen LogP contribution in [0.3, 0.4) is 0 Å². The number of carbonyl (C=O) groups is 3. The summed E-state index contributed by atoms with van der Waals surface area (Å²) >= 11 is 0. The maximum absolute atomic E-state index is 14.0. The summed E-state index contributed by atoms with van der Waals surface area (Å²) in [6.45, 7) is 4.59. The monoisotopic (exact) mass is 673 g/mol. The van der Waals surface area contributed by atoms with Crippen molar-refractivity contribution in [1.82, 2.24) is 14.8 Å². The predicted molar refractivity (Wildman–Crippen MR) is 171 cm³/mol. The lowest BCUT2D eigenvalue weighted by molar-refractivity contribution is -0.155. The lowest BCUT2D eigenvalue weighted by Gasteiger charge is -2.45. The fraction of sp³-hybridized carbons (Fsp3) is 0.611. The molecule has 5 rings (SSSR count). The van der Waals surface area contributed by atoms with Gasteiger partial charge in [-0.15, -0.1) is 0 Å². The number of alkyl halides is 3. The summed E-state index contributed by atoms with van der Waals surface area (Å²) in [6, 6.07) is 8.70. The number of aliphatic hydroxyl groups is 1. The van der Waals surface area contributed by atoms with Crippen LogP contribution in [0.25, 0.3) is 0 Å². The van der Waals surface area contributed by atoms with E-state index in [1.165, 1.54) is 11.1 Å². The minimum Gasteiger partial charge on any atom is -0.490 e. The van der Waals surface area contributed by atoms with Crippen LogP contribution in [0.4, 0.5) is 13.2 Å². The van der Waals surface area contributed by atoms with Crippen LogP contribution in [0.15, 0.2) is 42.6 Å². The number of nitrogens with zero attached hydrogens (tertiary/aromatic N) is 3. The van der Waals surface area contributed by atoms with E-state index >= 15 is 0 Å². The van der Waals surface area contributed by atoms with E-state index in [2.05, 4.69) is 4.98 Å². The second-order valence-electron chi connectivity index (χ2n) is 13.8. The standard InChI is InChI=1S/C36H46F3N3O6/c1-3-9-28-25(10-7-21-42(28)32(44)30-27(36(37,38)39)12-6-20-40-30)31(43)41-22-18-35(47,19-23-41)26-11-4-5-13-29(26)48-24(2)14-17-34(33(45)46)15-8-16-34/h4-6,11-13,20,24-25,28,47H,3,7-10,14-19,21-23H2,1-2H3,(H,45,46)/t24?,25-,28?/m1/s1. The maximum Gasteiger partial charge on any atom is 0.418 e. The quantitative estimate of drug-likeness (QED) is 0.282. The molecule has 2 aliphatic heterocycles. The number of benzene rings is 1. The molecular weight excluding hydrogens is 627 g/mol. The summed E-state index contributed by atoms with van der Waals surface area (Å²) in [6.07, 6.45) is 2.15. The summed E-state index contributed by atoms with van der Waals surface area (Å²) in [5, 5.41) is 21.5. The first kappa shape index (κ1) is 35.6. The number of aliphatic carboxylic acids is 1. The van der Waals surface area contributed by atoms with Gasteiger partial charge < -0.3 is 24.7 Å². The average molecular weight is 674 g/mol. The molecule has 3 heterocycles. The molecule has 1 aromatic heterocycles. The molecule has 1 aromatic carbocycles. The van der Waals surface area contributed by atoms with Gasteiger partial charge in [-0.3, -0.25) is 19.4 Å². The highest BCUT2D eigenvalue weighted by Crippen LogP contribution is 2.46. The van der Waals surface area contributed by atoms with Crippen LogP contribution in [-0.4, -0.2) is 74.6 Å². The number of carboxylic acid groups (broad SMARTS) is 1. The fourth-order valence-corrected chi connectivity index (χ4v) is 7.67. The molecule has 2 saturated heterocycles. The van der Waals surface area contributed by atoms with Crippen molar-refractivity contribution in [1.29, 1.82) is 0 Å². The highest BCUT2D eigenvalue weighted by atomic mass is 19.4. The fourth-order valence-electron chi connectivity index (χ4n) is 7.67. The van der Waals surface area contributed by atoms with Gasteiger partial charge in [0.15, 0.2) is 0 Å². The third-order valence-corrected chi connectivity index (χ3v) is 10.7. The normalized spacial score (nSPS) is 22.8. The zero-order valence-corrected chi connectivity index (χ0v) is 27.7. The Morgan fingerprint density at radius 2 is 1.75 bits per heavy atom. The smallest absolute Gasteiger partial charge is 0.418 e. The van der Waals surface area contributed by atoms with Crippen molar-refractivity contribution < 1.29 is 42.5 Å². The van der Waals surface area contributed by atoms with Crippen molar-refractivity contribution in [2.75, 3.05) is 19.6 Å². The molecule has 0 spiro atoms. The first-order chi connectivity index (χ1) is 22.8. The minimum atomic E-state index is -4.74. The molecule has 2 aromatic rings. The number of piperidine rings is 2. The summed E-state index contributed by atoms with van der Waals surface area (Å²) < 4.78 is 47.5. The SMILES string of the molecule is CCCC1[C@H](C(=O)N2CCC(O)(c3ccccc3OC(C)CCC3(C(=O)O)CCC3)CC2)CCCN1C(=O)c1ncccc1C(F)(F)F. The maximum atomic E-state index is 14.0. The van der Waals surface area contributed by atoms with Gasteiger partial charge in [0.2, 0.25) is 5.91 Å². The average Bonchev–Trinajstić information content (AvgIpc) is 3.04. The molecule has 3 atom stereocenters. The van der Waals surface area contributed by atoms with Gasteiger partial charge in [-0.05, 0) is 82.9 Å². The Hall–Kier alpha value is -3.67. The first-order valence-corrected chi connectivity index (χ1v) is 17.1. The van der Waals surface area contributed by atoms with Crippen molar-refractivity contribution in [3.05, 3.63) is 59.4 Å². The molecule has 0 bridgehead atoms. The zero-order valence-electron chi connectivity index (χ0n) is 27.7. The molecule has 12 heteroatoms. The number of ether oxygens (including phenoxy) is 1. The zero-order chi connectivity index (χ0) is 34.7. The number of carbonyl (C=O) groups excluding carboxylic acids is 2. The Balaban J connectivity index is 1.25. The van der Waals surface area contributed by atoms with E-state index in [0.29, 0.717) is 62.7 Å². The van der Waals surface area contributed by atoms with Crippen LogP contribution < -0.4 is 4.74 Å². The lowest BCUT2D eigenvalue weighted by atomic mass is 9.66. The Morgan fingerprint density at radius 1 is 1.04 bits per heavy atom. The topological polar surface area (TPSA) is 120 Å². The van der Waals surface area contributed by atoms with Crippen LogP contribution in [0.1, 0.15) is 106 Å². The van der Waals surface area contributed by atoms with Gasteiger partial charge in [-0.2, -0.15) is 13.2 Å². The van der Waals surface area contributed by atoms with Crippen molar-refractivity contribution in [2.45, 2.75) is 108 Å². The molecule has 1 aliphatic carbocycles. The van der Waals surface area contributed by atoms with Crippen molar-refractivity contribution in [3.63, 3.8) is 0 Å². The van der Waals surface area contributed by atoms with E-state index < -0.39 is 52.3 Å². The number of para-hydroxylation sites is 1. The summed E-state index contributed by atoms with van der Waals surface area (Å²) in [4.78, 5) is 46.3. The van der Waals surface area contributed by atoms with E-state index in [4.69, 9.17) is 4.74 Å². The minimum absolute atomic E-state index is 0.161. The Labute approximate surface area is 279 Å². The van der Waals surface area contributed by atoms with Crippen LogP contribution in [-0.2, 0) is 21.4 Å². The van der Waals surface area contributed by atoms with Gasteiger partial charge in [0.25, 0.3) is 5.91 Å². The van der Waals surface area contributed by atoms with E-state index in [-0.39, 0.29) is 44.5 Å². The number of likely N-dealkylation sites (tertiary alicyclic amines) is 2. The number of aromatic nitrogens is 1. The van der Waals surface area contributed by atoms with Crippen molar-refractivity contribution in [3.8, 4) is 5.75 Å². The highest BCUT2D eigenvalue weighted by Gasteiger charge is 2.46. The Kier molecular flexibility index (Phi) is 10.7. The largest absolute Gasteiger partial charge is 0.490 e. The number of rotatable bonds is 11. The summed E-state index contributed by atoms with van der Waals surface area (Å²) in [7, 11) is 0. The molecule has 2 amide bonds. The molecule has 262 valence electrons. The van der Waals surface area contributed by atoms with Crippen LogP contribution in [0.5, 0.6) is 5.75 Å². The molecule has 9 nitrogen and oxygen atoms in total. The van der Waals surface area contributed by atoms with Gasteiger partial charge in [-0.1, -0.05) is 38.0 Å². The molecule has 3 fully saturated rings. The Bertz CT molecular complexity index is 1470. The second-order valence-corrected chi connectivity index (χ2v) is 13.8. The van der Waals surface area contributed by atoms with E-state index in [1.807, 2.05) is 32.0 Å². The van der Waals surface area contributed by atoms with Gasteiger partial charge >= 0.3 is 12.1 Å². The van der Waals surface area contributed by atoms with Gasteiger partial charge in [-0.25, -0.2) is 0 Å². The van der Waals surface area contributed by atoms with E-state index in [1.54, 1.807) is 11.0 Å². The van der Waals surface area contributed by atoms with Gasteiger partial charge in [0, 0.05) is 37.4 Å². The predicted octanol–water partition coefficient (Wildman–Crippen LogP) is 6.43. The van der Waals surface area contributed by atoms with Crippen molar-refractivity contribution >= 4 is 17.8 Å². The first-order valence-electron chi connectivity index (χ1n) is 17.1. The molecule has 3 aliphatic rings. The Morgan fingerprint density at radius 3 is 2.38 bits per heavy atom. The number of hydrogen-bond donors (Lipinski definition) is 2. The third-order valence-electron chi connectivity index (χ3n) is 10.7. The second kappa shape index (κ2) is 14.4. The van der Waals surface area contributed by atoms with Gasteiger partial charge in [0.1, 0.15) is 11.4 Å². The molecule has 48 heavy (non-hydrogen) atoms. The highest BCUT2D eigenvalue weighted by molar-refractivity contribution is 5.95. The van der Waals surface area contributed by atoms with Crippen LogP contribution in [0.2, 0.25) is 0 Å². The molecule has 2 N–H and O–H groups in total. The number of amides is 2. The number of carboxylic acids is 1. The number of pyridine rings is 1. The third kappa shape index (κ3) is 7.33. The van der Waals surface area contributed by atoms with Crippen LogP contribution in [0, 0.1) is 11.3 Å². The summed E-state index contributed by atoms with van der Waals surface area (Å²) in [5.74, 6) is -1.78. The van der Waals surface area contributed by atoms with E-state index in [9.17, 15) is 37.8 Å². The molecule has 2 unspecified atom stereocenters. The number of halogens is 3.